The number of hydrogen-bond donors (Lipinski definition) is 1. The third-order valence-electron chi connectivity index (χ3n) is 5.07. The molecule has 154 valence electrons. The van der Waals surface area contributed by atoms with Crippen LogP contribution in [-0.2, 0) is 0 Å². The maximum absolute atomic E-state index is 13.2. The molecule has 3 aromatic rings. The molecule has 0 saturated carbocycles. The summed E-state index contributed by atoms with van der Waals surface area (Å²) in [4.78, 5) is 19.8. The predicted octanol–water partition coefficient (Wildman–Crippen LogP) is 4.02. The lowest BCUT2D eigenvalue weighted by Gasteiger charge is -2.37. The van der Waals surface area contributed by atoms with E-state index in [0.29, 0.717) is 5.69 Å². The molecule has 1 aliphatic heterocycles. The number of rotatable bonds is 5. The van der Waals surface area contributed by atoms with Gasteiger partial charge in [0.15, 0.2) is 0 Å². The molecular weight excluding hydrogens is 406 g/mol. The predicted molar refractivity (Wildman–Crippen MR) is 119 cm³/mol. The fourth-order valence-corrected chi connectivity index (χ4v) is 4.47. The minimum absolute atomic E-state index is 0. The molecule has 0 unspecified atom stereocenters. The quantitative estimate of drug-likeness (QED) is 0.662. The maximum atomic E-state index is 13.2. The number of benzene rings is 1. The number of thiazole rings is 1. The van der Waals surface area contributed by atoms with Crippen LogP contribution in [0.1, 0.15) is 37.2 Å². The number of hydrogen-bond acceptors (Lipinski definition) is 5. The van der Waals surface area contributed by atoms with E-state index in [0.717, 1.165) is 42.2 Å². The number of carbonyl (C=O) groups excluding carboxylic acids is 1. The molecule has 0 spiro atoms. The van der Waals surface area contributed by atoms with Gasteiger partial charge in [0.1, 0.15) is 10.7 Å². The Labute approximate surface area is 181 Å². The van der Waals surface area contributed by atoms with Crippen LogP contribution in [0.5, 0.6) is 0 Å². The van der Waals surface area contributed by atoms with Crippen molar-refractivity contribution in [2.45, 2.75) is 38.8 Å². The van der Waals surface area contributed by atoms with Crippen molar-refractivity contribution in [3.05, 3.63) is 53.8 Å². The molecule has 8 heteroatoms. The molecule has 0 bridgehead atoms. The van der Waals surface area contributed by atoms with Crippen LogP contribution in [-0.4, -0.2) is 50.7 Å². The SMILES string of the molecule is CC(C)N(C(=O)c1csc(-c2cnn(-c3ccccc3)c2)n1)C1CCNCC1.Cl. The van der Waals surface area contributed by atoms with E-state index >= 15 is 0 Å². The number of nitrogens with one attached hydrogen (secondary N) is 1. The molecule has 29 heavy (non-hydrogen) atoms. The molecule has 1 amide bonds. The van der Waals surface area contributed by atoms with Crippen molar-refractivity contribution in [2.75, 3.05) is 13.1 Å². The van der Waals surface area contributed by atoms with Crippen LogP contribution < -0.4 is 5.32 Å². The lowest BCUT2D eigenvalue weighted by atomic mass is 10.0. The average Bonchev–Trinajstić information content (AvgIpc) is 3.39. The van der Waals surface area contributed by atoms with Crippen molar-refractivity contribution in [1.82, 2.24) is 25.0 Å². The molecule has 1 fully saturated rings. The Bertz CT molecular complexity index is 933. The summed E-state index contributed by atoms with van der Waals surface area (Å²) in [6.07, 6.45) is 5.73. The normalized spacial score (nSPS) is 14.6. The minimum Gasteiger partial charge on any atom is -0.332 e. The van der Waals surface area contributed by atoms with Crippen molar-refractivity contribution in [1.29, 1.82) is 0 Å². The van der Waals surface area contributed by atoms with Crippen LogP contribution in [0.25, 0.3) is 16.3 Å². The highest BCUT2D eigenvalue weighted by Crippen LogP contribution is 2.26. The van der Waals surface area contributed by atoms with Gasteiger partial charge in [-0.1, -0.05) is 18.2 Å². The highest BCUT2D eigenvalue weighted by atomic mass is 35.5. The summed E-state index contributed by atoms with van der Waals surface area (Å²) in [5.74, 6) is 0.0276. The van der Waals surface area contributed by atoms with Gasteiger partial charge in [-0.15, -0.1) is 23.7 Å². The van der Waals surface area contributed by atoms with E-state index in [1.165, 1.54) is 11.3 Å². The van der Waals surface area contributed by atoms with Gasteiger partial charge in [0, 0.05) is 29.2 Å². The molecule has 4 rings (SSSR count). The highest BCUT2D eigenvalue weighted by molar-refractivity contribution is 7.13. The van der Waals surface area contributed by atoms with E-state index in [4.69, 9.17) is 0 Å². The summed E-state index contributed by atoms with van der Waals surface area (Å²) in [6.45, 7) is 6.08. The summed E-state index contributed by atoms with van der Waals surface area (Å²) in [6, 6.07) is 10.4. The first-order valence-electron chi connectivity index (χ1n) is 9.73. The Morgan fingerprint density at radius 3 is 2.66 bits per heavy atom. The van der Waals surface area contributed by atoms with Gasteiger partial charge in [0.2, 0.25) is 0 Å². The second-order valence-electron chi connectivity index (χ2n) is 7.33. The van der Waals surface area contributed by atoms with Crippen LogP contribution in [0.3, 0.4) is 0 Å². The fraction of sp³-hybridized carbons (Fsp3) is 0.381. The fourth-order valence-electron chi connectivity index (χ4n) is 3.70. The zero-order valence-corrected chi connectivity index (χ0v) is 18.2. The van der Waals surface area contributed by atoms with Crippen LogP contribution in [0.15, 0.2) is 48.1 Å². The Hall–Kier alpha value is -2.22. The number of carbonyl (C=O) groups is 1. The molecule has 0 radical (unpaired) electrons. The Balaban J connectivity index is 0.00000240. The number of piperidine rings is 1. The first-order chi connectivity index (χ1) is 13.6. The third-order valence-corrected chi connectivity index (χ3v) is 5.96. The number of halogens is 1. The Morgan fingerprint density at radius 1 is 1.24 bits per heavy atom. The molecule has 1 saturated heterocycles. The molecule has 3 heterocycles. The zero-order chi connectivity index (χ0) is 19.5. The van der Waals surface area contributed by atoms with Crippen molar-refractivity contribution >= 4 is 29.7 Å². The second-order valence-corrected chi connectivity index (χ2v) is 8.19. The van der Waals surface area contributed by atoms with Gasteiger partial charge >= 0.3 is 0 Å². The lowest BCUT2D eigenvalue weighted by Crippen LogP contribution is -2.49. The second kappa shape index (κ2) is 9.52. The first kappa shape index (κ1) is 21.5. The number of para-hydroxylation sites is 1. The molecule has 0 aliphatic carbocycles. The lowest BCUT2D eigenvalue weighted by molar-refractivity contribution is 0.0560. The van der Waals surface area contributed by atoms with Crippen molar-refractivity contribution in [3.8, 4) is 16.3 Å². The maximum Gasteiger partial charge on any atom is 0.273 e. The molecule has 1 aliphatic rings. The van der Waals surface area contributed by atoms with E-state index < -0.39 is 0 Å². The minimum atomic E-state index is 0. The molecule has 0 atom stereocenters. The van der Waals surface area contributed by atoms with Crippen LogP contribution in [0, 0.1) is 0 Å². The van der Waals surface area contributed by atoms with Crippen molar-refractivity contribution < 1.29 is 4.79 Å². The van der Waals surface area contributed by atoms with Crippen LogP contribution >= 0.6 is 23.7 Å². The summed E-state index contributed by atoms with van der Waals surface area (Å²) < 4.78 is 1.83. The molecule has 2 aromatic heterocycles. The van der Waals surface area contributed by atoms with Gasteiger partial charge < -0.3 is 10.2 Å². The van der Waals surface area contributed by atoms with Crippen LogP contribution in [0.2, 0.25) is 0 Å². The van der Waals surface area contributed by atoms with E-state index in [1.54, 1.807) is 6.20 Å². The van der Waals surface area contributed by atoms with Crippen molar-refractivity contribution in [3.63, 3.8) is 0 Å². The number of aromatic nitrogens is 3. The topological polar surface area (TPSA) is 63.1 Å². The standard InChI is InChI=1S/C21H25N5OS.ClH/c1-15(2)26(18-8-10-22-11-9-18)21(27)19-14-28-20(24-19)16-12-23-25(13-16)17-6-4-3-5-7-17;/h3-7,12-15,18,22H,8-11H2,1-2H3;1H. The van der Waals surface area contributed by atoms with Gasteiger partial charge in [0.05, 0.1) is 11.9 Å². The van der Waals surface area contributed by atoms with Gasteiger partial charge in [-0.3, -0.25) is 4.79 Å². The van der Waals surface area contributed by atoms with Gasteiger partial charge in [-0.2, -0.15) is 5.10 Å². The van der Waals surface area contributed by atoms with E-state index in [1.807, 2.05) is 51.5 Å². The largest absolute Gasteiger partial charge is 0.332 e. The van der Waals surface area contributed by atoms with Crippen LogP contribution in [0.4, 0.5) is 0 Å². The van der Waals surface area contributed by atoms with E-state index in [2.05, 4.69) is 29.2 Å². The first-order valence-corrected chi connectivity index (χ1v) is 10.6. The monoisotopic (exact) mass is 431 g/mol. The van der Waals surface area contributed by atoms with Gasteiger partial charge in [-0.05, 0) is 51.9 Å². The number of amides is 1. The highest BCUT2D eigenvalue weighted by Gasteiger charge is 2.29. The smallest absolute Gasteiger partial charge is 0.273 e. The third kappa shape index (κ3) is 4.69. The van der Waals surface area contributed by atoms with Gasteiger partial charge in [0.25, 0.3) is 5.91 Å². The number of nitrogens with zero attached hydrogens (tertiary/aromatic N) is 4. The Morgan fingerprint density at radius 2 is 1.97 bits per heavy atom. The van der Waals surface area contributed by atoms with Crippen molar-refractivity contribution in [2.24, 2.45) is 0 Å². The summed E-state index contributed by atoms with van der Waals surface area (Å²) in [7, 11) is 0. The average molecular weight is 432 g/mol. The molecule has 1 N–H and O–H groups in total. The van der Waals surface area contributed by atoms with E-state index in [-0.39, 0.29) is 30.4 Å². The zero-order valence-electron chi connectivity index (χ0n) is 16.6. The summed E-state index contributed by atoms with van der Waals surface area (Å²) >= 11 is 1.49. The summed E-state index contributed by atoms with van der Waals surface area (Å²) in [5, 5.41) is 10.5. The Kier molecular flexibility index (Phi) is 7.05. The molecular formula is C21H26ClN5OS. The summed E-state index contributed by atoms with van der Waals surface area (Å²) in [5.41, 5.74) is 2.45. The van der Waals surface area contributed by atoms with Gasteiger partial charge in [-0.25, -0.2) is 9.67 Å². The van der Waals surface area contributed by atoms with E-state index in [9.17, 15) is 4.79 Å². The molecule has 1 aromatic carbocycles. The molecule has 6 nitrogen and oxygen atoms in total.